The Labute approximate surface area is 100 Å². The van der Waals surface area contributed by atoms with E-state index in [0.29, 0.717) is 11.6 Å². The van der Waals surface area contributed by atoms with Gasteiger partial charge in [0.1, 0.15) is 11.6 Å². The summed E-state index contributed by atoms with van der Waals surface area (Å²) in [6, 6.07) is 1.71. The van der Waals surface area contributed by atoms with Gasteiger partial charge in [-0.05, 0) is 6.92 Å². The second-order valence-corrected chi connectivity index (χ2v) is 3.67. The van der Waals surface area contributed by atoms with E-state index in [1.807, 2.05) is 6.92 Å². The van der Waals surface area contributed by atoms with Crippen LogP contribution in [-0.4, -0.2) is 48.0 Å². The summed E-state index contributed by atoms with van der Waals surface area (Å²) in [6.45, 7) is 2.88. The Bertz CT molecular complexity index is 392. The van der Waals surface area contributed by atoms with Gasteiger partial charge in [-0.15, -0.1) is 0 Å². The number of carbonyl (C=O) groups excluding carboxylic acids is 1. The zero-order valence-corrected chi connectivity index (χ0v) is 10.3. The van der Waals surface area contributed by atoms with Gasteiger partial charge >= 0.3 is 0 Å². The Balaban J connectivity index is 2.67. The van der Waals surface area contributed by atoms with Crippen molar-refractivity contribution in [2.75, 3.05) is 43.6 Å². The number of nitrogens with two attached hydrogens (primary N) is 1. The topological polar surface area (TPSA) is 96.2 Å². The predicted molar refractivity (Wildman–Crippen MR) is 67.8 cm³/mol. The number of hydrogen-bond acceptors (Lipinski definition) is 6. The van der Waals surface area contributed by atoms with Crippen molar-refractivity contribution in [2.24, 2.45) is 0 Å². The molecule has 0 aliphatic heterocycles. The number of nitrogen functional groups attached to an aromatic ring is 1. The average Bonchev–Trinajstić information content (AvgIpc) is 2.25. The largest absolute Gasteiger partial charge is 0.370 e. The lowest BCUT2D eigenvalue weighted by Crippen LogP contribution is -2.28. The summed E-state index contributed by atoms with van der Waals surface area (Å²) in [7, 11) is 3.39. The fourth-order valence-electron chi connectivity index (χ4n) is 1.15. The first-order chi connectivity index (χ1) is 8.02. The van der Waals surface area contributed by atoms with E-state index in [4.69, 9.17) is 5.73 Å². The van der Waals surface area contributed by atoms with E-state index in [0.717, 1.165) is 6.54 Å². The normalized spacial score (nSPS) is 9.82. The van der Waals surface area contributed by atoms with Crippen molar-refractivity contribution in [3.8, 4) is 0 Å². The molecule has 0 saturated carbocycles. The zero-order chi connectivity index (χ0) is 12.8. The minimum Gasteiger partial charge on any atom is -0.370 e. The Hall–Kier alpha value is -2.05. The van der Waals surface area contributed by atoms with E-state index >= 15 is 0 Å². The number of likely N-dealkylation sites (N-methyl/N-ethyl adjacent to an activating group) is 1. The summed E-state index contributed by atoms with van der Waals surface area (Å²) < 4.78 is 0. The van der Waals surface area contributed by atoms with Crippen LogP contribution in [0.2, 0.25) is 0 Å². The maximum atomic E-state index is 11.4. The van der Waals surface area contributed by atoms with Gasteiger partial charge < -0.3 is 21.3 Å². The molecule has 1 aromatic heterocycles. The standard InChI is InChI=1S/C10H18N6O/c1-4-12-7-5-8(15-10(11)14-7)13-6-9(17)16(2)3/h5H,4,6H2,1-3H3,(H4,11,12,13,14,15). The molecule has 1 amide bonds. The lowest BCUT2D eigenvalue weighted by molar-refractivity contribution is -0.126. The van der Waals surface area contributed by atoms with E-state index in [1.54, 1.807) is 20.2 Å². The van der Waals surface area contributed by atoms with Crippen molar-refractivity contribution >= 4 is 23.5 Å². The quantitative estimate of drug-likeness (QED) is 0.667. The van der Waals surface area contributed by atoms with Crippen molar-refractivity contribution in [3.63, 3.8) is 0 Å². The molecule has 94 valence electrons. The molecule has 0 bridgehead atoms. The van der Waals surface area contributed by atoms with Crippen LogP contribution in [0.4, 0.5) is 17.6 Å². The molecule has 1 aromatic rings. The third-order valence-corrected chi connectivity index (χ3v) is 2.02. The summed E-state index contributed by atoms with van der Waals surface area (Å²) in [5.74, 6) is 1.30. The molecule has 0 spiro atoms. The van der Waals surface area contributed by atoms with Crippen LogP contribution in [0.5, 0.6) is 0 Å². The second kappa shape index (κ2) is 5.88. The predicted octanol–water partition coefficient (Wildman–Crippen LogP) is -0.00930. The van der Waals surface area contributed by atoms with Crippen LogP contribution in [0.3, 0.4) is 0 Å². The number of amides is 1. The van der Waals surface area contributed by atoms with Crippen molar-refractivity contribution in [1.29, 1.82) is 0 Å². The van der Waals surface area contributed by atoms with Crippen molar-refractivity contribution in [1.82, 2.24) is 14.9 Å². The molecule has 0 aliphatic carbocycles. The van der Waals surface area contributed by atoms with Crippen LogP contribution < -0.4 is 16.4 Å². The van der Waals surface area contributed by atoms with Gasteiger partial charge in [0.2, 0.25) is 11.9 Å². The van der Waals surface area contributed by atoms with Gasteiger partial charge in [-0.3, -0.25) is 4.79 Å². The third-order valence-electron chi connectivity index (χ3n) is 2.02. The third kappa shape index (κ3) is 4.13. The molecule has 1 heterocycles. The van der Waals surface area contributed by atoms with Crippen LogP contribution in [0, 0.1) is 0 Å². The van der Waals surface area contributed by atoms with E-state index in [-0.39, 0.29) is 18.4 Å². The number of nitrogens with zero attached hydrogens (tertiary/aromatic N) is 3. The van der Waals surface area contributed by atoms with Gasteiger partial charge in [0.05, 0.1) is 6.54 Å². The van der Waals surface area contributed by atoms with Crippen molar-refractivity contribution in [3.05, 3.63) is 6.07 Å². The molecule has 0 fully saturated rings. The Kier molecular flexibility index (Phi) is 4.50. The molecule has 0 aliphatic rings. The SMILES string of the molecule is CCNc1cc(NCC(=O)N(C)C)nc(N)n1. The summed E-state index contributed by atoms with van der Waals surface area (Å²) in [5, 5.41) is 5.94. The lowest BCUT2D eigenvalue weighted by Gasteiger charge is -2.12. The van der Waals surface area contributed by atoms with Gasteiger partial charge in [-0.1, -0.05) is 0 Å². The van der Waals surface area contributed by atoms with E-state index in [9.17, 15) is 4.79 Å². The van der Waals surface area contributed by atoms with E-state index in [1.165, 1.54) is 4.90 Å². The number of aromatic nitrogens is 2. The summed E-state index contributed by atoms with van der Waals surface area (Å²) in [4.78, 5) is 20.9. The van der Waals surface area contributed by atoms with Crippen molar-refractivity contribution < 1.29 is 4.79 Å². The minimum absolute atomic E-state index is 0.0350. The van der Waals surface area contributed by atoms with Crippen molar-refractivity contribution in [2.45, 2.75) is 6.92 Å². The molecule has 0 atom stereocenters. The van der Waals surface area contributed by atoms with Gasteiger partial charge in [0.15, 0.2) is 0 Å². The van der Waals surface area contributed by atoms with Crippen LogP contribution >= 0.6 is 0 Å². The first-order valence-electron chi connectivity index (χ1n) is 5.35. The molecule has 7 nitrogen and oxygen atoms in total. The molecule has 0 aromatic carbocycles. The molecule has 0 radical (unpaired) electrons. The van der Waals surface area contributed by atoms with Crippen LogP contribution in [0.25, 0.3) is 0 Å². The van der Waals surface area contributed by atoms with Gasteiger partial charge in [0.25, 0.3) is 0 Å². The molecule has 0 unspecified atom stereocenters. The maximum absolute atomic E-state index is 11.4. The lowest BCUT2D eigenvalue weighted by atomic mass is 10.4. The highest BCUT2D eigenvalue weighted by Crippen LogP contribution is 2.11. The molecular weight excluding hydrogens is 220 g/mol. The number of carbonyl (C=O) groups is 1. The highest BCUT2D eigenvalue weighted by molar-refractivity contribution is 5.80. The molecule has 4 N–H and O–H groups in total. The van der Waals surface area contributed by atoms with E-state index in [2.05, 4.69) is 20.6 Å². The molecule has 17 heavy (non-hydrogen) atoms. The first-order valence-corrected chi connectivity index (χ1v) is 5.35. The molecular formula is C10H18N6O. The smallest absolute Gasteiger partial charge is 0.241 e. The fourth-order valence-corrected chi connectivity index (χ4v) is 1.15. The maximum Gasteiger partial charge on any atom is 0.241 e. The zero-order valence-electron chi connectivity index (χ0n) is 10.3. The van der Waals surface area contributed by atoms with E-state index < -0.39 is 0 Å². The monoisotopic (exact) mass is 238 g/mol. The summed E-state index contributed by atoms with van der Waals surface area (Å²) in [6.07, 6.45) is 0. The van der Waals surface area contributed by atoms with Crippen LogP contribution in [0.1, 0.15) is 6.92 Å². The number of rotatable bonds is 5. The average molecular weight is 238 g/mol. The highest BCUT2D eigenvalue weighted by atomic mass is 16.2. The number of nitrogens with one attached hydrogen (secondary N) is 2. The van der Waals surface area contributed by atoms with Gasteiger partial charge in [-0.25, -0.2) is 0 Å². The molecule has 0 saturated heterocycles. The van der Waals surface area contributed by atoms with Crippen LogP contribution in [0.15, 0.2) is 6.07 Å². The molecule has 7 heteroatoms. The Morgan fingerprint density at radius 1 is 1.35 bits per heavy atom. The van der Waals surface area contributed by atoms with Crippen LogP contribution in [-0.2, 0) is 4.79 Å². The molecule has 1 rings (SSSR count). The fraction of sp³-hybridized carbons (Fsp3) is 0.500. The number of hydrogen-bond donors (Lipinski definition) is 3. The summed E-state index contributed by atoms with van der Waals surface area (Å²) >= 11 is 0. The van der Waals surface area contributed by atoms with Gasteiger partial charge in [-0.2, -0.15) is 9.97 Å². The number of anilines is 3. The van der Waals surface area contributed by atoms with Gasteiger partial charge in [0, 0.05) is 26.7 Å². The first kappa shape index (κ1) is 13.0. The summed E-state index contributed by atoms with van der Waals surface area (Å²) in [5.41, 5.74) is 5.56. The Morgan fingerprint density at radius 2 is 1.94 bits per heavy atom. The second-order valence-electron chi connectivity index (χ2n) is 3.67. The minimum atomic E-state index is -0.0350. The Morgan fingerprint density at radius 3 is 2.47 bits per heavy atom. The highest BCUT2D eigenvalue weighted by Gasteiger charge is 2.05.